The van der Waals surface area contributed by atoms with Crippen LogP contribution in [0.5, 0.6) is 0 Å². The molecule has 0 saturated heterocycles. The molecule has 0 aliphatic heterocycles. The Hall–Kier alpha value is -3.13. The quantitative estimate of drug-likeness (QED) is 0.501. The number of carbonyl (C=O) groups excluding carboxylic acids is 2. The van der Waals surface area contributed by atoms with Gasteiger partial charge in [0.05, 0.1) is 11.8 Å². The van der Waals surface area contributed by atoms with Crippen LogP contribution in [0.1, 0.15) is 41.6 Å². The molecule has 0 spiro atoms. The monoisotopic (exact) mass is 437 g/mol. The first-order valence-electron chi connectivity index (χ1n) is 10.1. The highest BCUT2D eigenvalue weighted by Gasteiger charge is 2.25. The zero-order chi connectivity index (χ0) is 22.2. The van der Waals surface area contributed by atoms with Gasteiger partial charge < -0.3 is 15.2 Å². The molecule has 0 radical (unpaired) electrons. The van der Waals surface area contributed by atoms with E-state index in [2.05, 4.69) is 20.8 Å². The van der Waals surface area contributed by atoms with E-state index in [4.69, 9.17) is 0 Å². The molecule has 1 heterocycles. The number of aromatic nitrogens is 3. The normalized spacial score (nSPS) is 11.9. The number of benzene rings is 2. The highest BCUT2D eigenvalue weighted by Crippen LogP contribution is 2.24. The summed E-state index contributed by atoms with van der Waals surface area (Å²) < 4.78 is 1.84. The Morgan fingerprint density at radius 3 is 2.29 bits per heavy atom. The zero-order valence-corrected chi connectivity index (χ0v) is 18.7. The lowest BCUT2D eigenvalue weighted by Gasteiger charge is -2.21. The second-order valence-electron chi connectivity index (χ2n) is 7.51. The molecule has 0 bridgehead atoms. The summed E-state index contributed by atoms with van der Waals surface area (Å²) in [5.41, 5.74) is 1.65. The van der Waals surface area contributed by atoms with E-state index in [1.165, 1.54) is 11.8 Å². The summed E-state index contributed by atoms with van der Waals surface area (Å²) in [5, 5.41) is 15.1. The van der Waals surface area contributed by atoms with Gasteiger partial charge in [0.25, 0.3) is 5.91 Å². The highest BCUT2D eigenvalue weighted by molar-refractivity contribution is 7.99. The molecular weight excluding hydrogens is 410 g/mol. The van der Waals surface area contributed by atoms with Gasteiger partial charge in [-0.1, -0.05) is 74.1 Å². The van der Waals surface area contributed by atoms with E-state index in [1.54, 1.807) is 12.1 Å². The van der Waals surface area contributed by atoms with Gasteiger partial charge in [0, 0.05) is 19.2 Å². The van der Waals surface area contributed by atoms with Gasteiger partial charge in [0.1, 0.15) is 0 Å². The number of rotatable bonds is 9. The Kier molecular flexibility index (Phi) is 7.83. The maximum atomic E-state index is 12.6. The minimum absolute atomic E-state index is 0.0730. The maximum Gasteiger partial charge on any atom is 0.251 e. The Morgan fingerprint density at radius 1 is 1.00 bits per heavy atom. The minimum atomic E-state index is -0.300. The Balaban J connectivity index is 1.60. The Bertz CT molecular complexity index is 1010. The molecule has 0 aliphatic carbocycles. The third-order valence-electron chi connectivity index (χ3n) is 4.80. The fourth-order valence-electron chi connectivity index (χ4n) is 3.04. The molecule has 7 nitrogen and oxygen atoms in total. The number of amides is 2. The predicted octanol–water partition coefficient (Wildman–Crippen LogP) is 3.35. The molecule has 1 atom stereocenters. The Labute approximate surface area is 186 Å². The predicted molar refractivity (Wildman–Crippen MR) is 122 cm³/mol. The zero-order valence-electron chi connectivity index (χ0n) is 17.9. The minimum Gasteiger partial charge on any atom is -0.351 e. The SMILES string of the molecule is CC(C)[C@H](NC(=O)c1ccccc1)c1nnc(SCC(=O)NCc2ccccc2)n1C. The van der Waals surface area contributed by atoms with Gasteiger partial charge in [-0.15, -0.1) is 10.2 Å². The molecule has 2 amide bonds. The molecule has 1 aromatic heterocycles. The van der Waals surface area contributed by atoms with E-state index in [-0.39, 0.29) is 29.5 Å². The number of nitrogens with zero attached hydrogens (tertiary/aromatic N) is 3. The van der Waals surface area contributed by atoms with Gasteiger partial charge in [-0.25, -0.2) is 0 Å². The van der Waals surface area contributed by atoms with Crippen LogP contribution in [-0.2, 0) is 18.4 Å². The first-order chi connectivity index (χ1) is 15.0. The van der Waals surface area contributed by atoms with E-state index in [0.29, 0.717) is 23.1 Å². The molecular formula is C23H27N5O2S. The van der Waals surface area contributed by atoms with Gasteiger partial charge in [-0.05, 0) is 23.6 Å². The molecule has 162 valence electrons. The number of carbonyl (C=O) groups is 2. The molecule has 8 heteroatoms. The van der Waals surface area contributed by atoms with Crippen LogP contribution in [0.4, 0.5) is 0 Å². The van der Waals surface area contributed by atoms with E-state index < -0.39 is 0 Å². The first-order valence-corrected chi connectivity index (χ1v) is 11.1. The van der Waals surface area contributed by atoms with Crippen molar-refractivity contribution in [2.24, 2.45) is 13.0 Å². The molecule has 31 heavy (non-hydrogen) atoms. The standard InChI is InChI=1S/C23H27N5O2S/c1-16(2)20(25-22(30)18-12-8-5-9-13-18)21-26-27-23(28(21)3)31-15-19(29)24-14-17-10-6-4-7-11-17/h4-13,16,20H,14-15H2,1-3H3,(H,24,29)(H,25,30)/t20-/m0/s1. The van der Waals surface area contributed by atoms with Gasteiger partial charge >= 0.3 is 0 Å². The second-order valence-corrected chi connectivity index (χ2v) is 8.45. The largest absolute Gasteiger partial charge is 0.351 e. The van der Waals surface area contributed by atoms with Crippen molar-refractivity contribution in [3.8, 4) is 0 Å². The lowest BCUT2D eigenvalue weighted by Crippen LogP contribution is -2.33. The van der Waals surface area contributed by atoms with Crippen molar-refractivity contribution in [1.82, 2.24) is 25.4 Å². The number of hydrogen-bond acceptors (Lipinski definition) is 5. The van der Waals surface area contributed by atoms with Crippen molar-refractivity contribution >= 4 is 23.6 Å². The van der Waals surface area contributed by atoms with Crippen LogP contribution in [0, 0.1) is 5.92 Å². The van der Waals surface area contributed by atoms with Crippen LogP contribution in [0.15, 0.2) is 65.8 Å². The molecule has 2 aromatic carbocycles. The van der Waals surface area contributed by atoms with Gasteiger partial charge in [-0.2, -0.15) is 0 Å². The summed E-state index contributed by atoms with van der Waals surface area (Å²) >= 11 is 1.32. The van der Waals surface area contributed by atoms with Crippen LogP contribution in [0.3, 0.4) is 0 Å². The van der Waals surface area contributed by atoms with Crippen LogP contribution < -0.4 is 10.6 Å². The molecule has 3 rings (SSSR count). The van der Waals surface area contributed by atoms with Crippen LogP contribution in [0.2, 0.25) is 0 Å². The van der Waals surface area contributed by atoms with Crippen molar-refractivity contribution < 1.29 is 9.59 Å². The smallest absolute Gasteiger partial charge is 0.251 e. The fraction of sp³-hybridized carbons (Fsp3) is 0.304. The number of thioether (sulfide) groups is 1. The molecule has 2 N–H and O–H groups in total. The summed E-state index contributed by atoms with van der Waals surface area (Å²) in [4.78, 5) is 24.8. The van der Waals surface area contributed by atoms with E-state index in [9.17, 15) is 9.59 Å². The van der Waals surface area contributed by atoms with Crippen LogP contribution >= 0.6 is 11.8 Å². The van der Waals surface area contributed by atoms with Gasteiger partial charge in [0.2, 0.25) is 5.91 Å². The highest BCUT2D eigenvalue weighted by atomic mass is 32.2. The Morgan fingerprint density at radius 2 is 1.65 bits per heavy atom. The molecule has 3 aromatic rings. The van der Waals surface area contributed by atoms with Gasteiger partial charge in [-0.3, -0.25) is 9.59 Å². The number of nitrogens with one attached hydrogen (secondary N) is 2. The average Bonchev–Trinajstić information content (AvgIpc) is 3.15. The third kappa shape index (κ3) is 6.18. The number of hydrogen-bond donors (Lipinski definition) is 2. The van der Waals surface area contributed by atoms with E-state index in [1.807, 2.05) is 74.0 Å². The summed E-state index contributed by atoms with van der Waals surface area (Å²) in [6, 6.07) is 18.6. The van der Waals surface area contributed by atoms with Crippen molar-refractivity contribution in [2.75, 3.05) is 5.75 Å². The topological polar surface area (TPSA) is 88.9 Å². The van der Waals surface area contributed by atoms with Gasteiger partial charge in [0.15, 0.2) is 11.0 Å². The van der Waals surface area contributed by atoms with Crippen LogP contribution in [-0.4, -0.2) is 32.3 Å². The maximum absolute atomic E-state index is 12.6. The third-order valence-corrected chi connectivity index (χ3v) is 5.82. The summed E-state index contributed by atoms with van der Waals surface area (Å²) in [6.45, 7) is 4.54. The molecule has 0 saturated carbocycles. The summed E-state index contributed by atoms with van der Waals surface area (Å²) in [6.07, 6.45) is 0. The van der Waals surface area contributed by atoms with Crippen molar-refractivity contribution in [1.29, 1.82) is 0 Å². The molecule has 0 unspecified atom stereocenters. The van der Waals surface area contributed by atoms with E-state index in [0.717, 1.165) is 5.56 Å². The van der Waals surface area contributed by atoms with Crippen LogP contribution in [0.25, 0.3) is 0 Å². The van der Waals surface area contributed by atoms with Crippen molar-refractivity contribution in [2.45, 2.75) is 31.6 Å². The second kappa shape index (κ2) is 10.8. The molecule has 0 fully saturated rings. The fourth-order valence-corrected chi connectivity index (χ4v) is 3.79. The summed E-state index contributed by atoms with van der Waals surface area (Å²) in [5.74, 6) is 0.781. The lowest BCUT2D eigenvalue weighted by molar-refractivity contribution is -0.118. The van der Waals surface area contributed by atoms with Crippen molar-refractivity contribution in [3.05, 3.63) is 77.6 Å². The molecule has 0 aliphatic rings. The first kappa shape index (κ1) is 22.6. The average molecular weight is 438 g/mol. The van der Waals surface area contributed by atoms with E-state index >= 15 is 0 Å². The lowest BCUT2D eigenvalue weighted by atomic mass is 10.0. The summed E-state index contributed by atoms with van der Waals surface area (Å²) in [7, 11) is 1.85. The van der Waals surface area contributed by atoms with Crippen molar-refractivity contribution in [3.63, 3.8) is 0 Å².